The van der Waals surface area contributed by atoms with E-state index in [1.54, 1.807) is 0 Å². The molecular weight excluding hydrogens is 314 g/mol. The van der Waals surface area contributed by atoms with Crippen molar-refractivity contribution in [3.63, 3.8) is 0 Å². The van der Waals surface area contributed by atoms with Crippen molar-refractivity contribution in [3.8, 4) is 0 Å². The Morgan fingerprint density at radius 2 is 2.08 bits per heavy atom. The van der Waals surface area contributed by atoms with Gasteiger partial charge in [-0.05, 0) is 44.2 Å². The van der Waals surface area contributed by atoms with Crippen LogP contribution in [0, 0.1) is 11.8 Å². The number of amides is 1. The third kappa shape index (κ3) is 3.85. The van der Waals surface area contributed by atoms with Gasteiger partial charge in [-0.25, -0.2) is 4.98 Å². The molecule has 2 N–H and O–H groups in total. The van der Waals surface area contributed by atoms with Gasteiger partial charge >= 0.3 is 0 Å². The number of likely N-dealkylation sites (N-methyl/N-ethyl adjacent to an activating group) is 1. The van der Waals surface area contributed by atoms with Gasteiger partial charge in [0.1, 0.15) is 0 Å². The van der Waals surface area contributed by atoms with E-state index in [-0.39, 0.29) is 11.8 Å². The summed E-state index contributed by atoms with van der Waals surface area (Å²) in [6, 6.07) is 8.07. The molecular formula is C19H29N5O. The van der Waals surface area contributed by atoms with E-state index < -0.39 is 0 Å². The summed E-state index contributed by atoms with van der Waals surface area (Å²) < 4.78 is 2.14. The van der Waals surface area contributed by atoms with Crippen LogP contribution in [0.2, 0.25) is 0 Å². The molecule has 1 unspecified atom stereocenters. The monoisotopic (exact) mass is 343 g/mol. The fourth-order valence-electron chi connectivity index (χ4n) is 3.28. The van der Waals surface area contributed by atoms with Crippen molar-refractivity contribution >= 4 is 22.9 Å². The van der Waals surface area contributed by atoms with Crippen molar-refractivity contribution in [2.75, 3.05) is 38.0 Å². The molecule has 1 aromatic heterocycles. The summed E-state index contributed by atoms with van der Waals surface area (Å²) >= 11 is 0. The number of para-hydroxylation sites is 2. The highest BCUT2D eigenvalue weighted by Crippen LogP contribution is 2.22. The van der Waals surface area contributed by atoms with E-state index in [0.717, 1.165) is 50.3 Å². The summed E-state index contributed by atoms with van der Waals surface area (Å²) in [5.41, 5.74) is 2.00. The van der Waals surface area contributed by atoms with E-state index in [1.807, 2.05) is 25.1 Å². The molecule has 0 saturated carbocycles. The van der Waals surface area contributed by atoms with Gasteiger partial charge in [0.25, 0.3) is 0 Å². The first-order valence-electron chi connectivity index (χ1n) is 9.33. The predicted octanol–water partition coefficient (Wildman–Crippen LogP) is 2.17. The van der Waals surface area contributed by atoms with Gasteiger partial charge < -0.3 is 14.8 Å². The number of carbonyl (C=O) groups is 1. The quantitative estimate of drug-likeness (QED) is 0.771. The van der Waals surface area contributed by atoms with Crippen molar-refractivity contribution in [1.82, 2.24) is 19.8 Å². The second-order valence-corrected chi connectivity index (χ2v) is 6.80. The number of aromatic nitrogens is 2. The topological polar surface area (TPSA) is 62.2 Å². The van der Waals surface area contributed by atoms with Crippen LogP contribution in [0.4, 0.5) is 5.95 Å². The standard InChI is InChI=1S/C19H29N5O/c1-4-23(5-2)10-11-24-17-9-7-6-8-16(17)21-19(24)22-18(25)14(3)15-12-20-13-15/h6-9,14-15,20H,4-5,10-13H2,1-3H3,(H,21,22,25). The van der Waals surface area contributed by atoms with Gasteiger partial charge in [-0.3, -0.25) is 10.1 Å². The first-order valence-corrected chi connectivity index (χ1v) is 9.33. The molecule has 1 fully saturated rings. The van der Waals surface area contributed by atoms with Crippen molar-refractivity contribution < 1.29 is 4.79 Å². The average Bonchev–Trinajstić information content (AvgIpc) is 2.91. The average molecular weight is 343 g/mol. The molecule has 0 bridgehead atoms. The van der Waals surface area contributed by atoms with Gasteiger partial charge in [0.05, 0.1) is 11.0 Å². The van der Waals surface area contributed by atoms with Crippen LogP contribution in [0.25, 0.3) is 11.0 Å². The van der Waals surface area contributed by atoms with E-state index in [1.165, 1.54) is 0 Å². The zero-order valence-electron chi connectivity index (χ0n) is 15.5. The second-order valence-electron chi connectivity index (χ2n) is 6.80. The van der Waals surface area contributed by atoms with E-state index >= 15 is 0 Å². The molecule has 1 atom stereocenters. The van der Waals surface area contributed by atoms with Crippen LogP contribution in [0.3, 0.4) is 0 Å². The fourth-order valence-corrected chi connectivity index (χ4v) is 3.28. The maximum absolute atomic E-state index is 12.6. The van der Waals surface area contributed by atoms with Gasteiger partial charge in [0, 0.05) is 19.0 Å². The molecule has 0 spiro atoms. The van der Waals surface area contributed by atoms with Gasteiger partial charge in [-0.1, -0.05) is 32.9 Å². The first kappa shape index (κ1) is 17.9. The first-order chi connectivity index (χ1) is 12.1. The highest BCUT2D eigenvalue weighted by molar-refractivity contribution is 5.93. The zero-order chi connectivity index (χ0) is 17.8. The molecule has 136 valence electrons. The summed E-state index contributed by atoms with van der Waals surface area (Å²) in [7, 11) is 0. The number of nitrogens with one attached hydrogen (secondary N) is 2. The third-order valence-corrected chi connectivity index (χ3v) is 5.36. The summed E-state index contributed by atoms with van der Waals surface area (Å²) in [5.74, 6) is 1.15. The number of carbonyl (C=O) groups excluding carboxylic acids is 1. The SMILES string of the molecule is CCN(CC)CCn1c(NC(=O)C(C)C2CNC2)nc2ccccc21. The molecule has 3 rings (SSSR count). The lowest BCUT2D eigenvalue weighted by Crippen LogP contribution is -2.48. The minimum Gasteiger partial charge on any atom is -0.316 e. The summed E-state index contributed by atoms with van der Waals surface area (Å²) in [6.07, 6.45) is 0. The highest BCUT2D eigenvalue weighted by Gasteiger charge is 2.29. The van der Waals surface area contributed by atoms with E-state index in [0.29, 0.717) is 11.9 Å². The molecule has 1 aliphatic heterocycles. The molecule has 6 nitrogen and oxygen atoms in total. The number of benzene rings is 1. The van der Waals surface area contributed by atoms with Crippen molar-refractivity contribution in [3.05, 3.63) is 24.3 Å². The molecule has 0 radical (unpaired) electrons. The Morgan fingerprint density at radius 1 is 1.36 bits per heavy atom. The molecule has 2 heterocycles. The highest BCUT2D eigenvalue weighted by atomic mass is 16.2. The number of anilines is 1. The molecule has 1 aliphatic rings. The van der Waals surface area contributed by atoms with Crippen LogP contribution in [0.15, 0.2) is 24.3 Å². The lowest BCUT2D eigenvalue weighted by atomic mass is 9.88. The molecule has 1 saturated heterocycles. The Labute approximate surface area is 149 Å². The third-order valence-electron chi connectivity index (χ3n) is 5.36. The Bertz CT molecular complexity index is 718. The van der Waals surface area contributed by atoms with Crippen molar-refractivity contribution in [1.29, 1.82) is 0 Å². The number of imidazole rings is 1. The number of nitrogens with zero attached hydrogens (tertiary/aromatic N) is 3. The van der Waals surface area contributed by atoms with E-state index in [2.05, 4.69) is 45.0 Å². The molecule has 1 aromatic carbocycles. The van der Waals surface area contributed by atoms with Crippen LogP contribution >= 0.6 is 0 Å². The minimum atomic E-state index is -0.00251. The Hall–Kier alpha value is -1.92. The Kier molecular flexibility index (Phi) is 5.71. The zero-order valence-corrected chi connectivity index (χ0v) is 15.5. The maximum atomic E-state index is 12.6. The number of hydrogen-bond acceptors (Lipinski definition) is 4. The normalized spacial score (nSPS) is 16.2. The number of fused-ring (bicyclic) bond motifs is 1. The van der Waals surface area contributed by atoms with Crippen LogP contribution in [0.5, 0.6) is 0 Å². The van der Waals surface area contributed by atoms with E-state index in [9.17, 15) is 4.79 Å². The lowest BCUT2D eigenvalue weighted by molar-refractivity contribution is -0.121. The minimum absolute atomic E-state index is 0.00251. The fraction of sp³-hybridized carbons (Fsp3) is 0.579. The molecule has 25 heavy (non-hydrogen) atoms. The van der Waals surface area contributed by atoms with Crippen molar-refractivity contribution in [2.24, 2.45) is 11.8 Å². The second kappa shape index (κ2) is 7.97. The van der Waals surface area contributed by atoms with Gasteiger partial charge in [-0.2, -0.15) is 0 Å². The summed E-state index contributed by atoms with van der Waals surface area (Å²) in [4.78, 5) is 19.7. The molecule has 0 aliphatic carbocycles. The van der Waals surface area contributed by atoms with Crippen LogP contribution < -0.4 is 10.6 Å². The smallest absolute Gasteiger partial charge is 0.229 e. The van der Waals surface area contributed by atoms with E-state index in [4.69, 9.17) is 0 Å². The molecule has 6 heteroatoms. The molecule has 2 aromatic rings. The van der Waals surface area contributed by atoms with Crippen molar-refractivity contribution in [2.45, 2.75) is 27.3 Å². The predicted molar refractivity (Wildman–Crippen MR) is 102 cm³/mol. The van der Waals surface area contributed by atoms with Gasteiger partial charge in [0.2, 0.25) is 11.9 Å². The Balaban J connectivity index is 1.80. The number of rotatable bonds is 8. The number of hydrogen-bond donors (Lipinski definition) is 2. The maximum Gasteiger partial charge on any atom is 0.229 e. The van der Waals surface area contributed by atoms with Crippen LogP contribution in [-0.4, -0.2) is 53.1 Å². The molecule has 1 amide bonds. The summed E-state index contributed by atoms with van der Waals surface area (Å²) in [5, 5.41) is 6.31. The Morgan fingerprint density at radius 3 is 2.72 bits per heavy atom. The van der Waals surface area contributed by atoms with Crippen LogP contribution in [0.1, 0.15) is 20.8 Å². The largest absolute Gasteiger partial charge is 0.316 e. The summed E-state index contributed by atoms with van der Waals surface area (Å²) in [6.45, 7) is 12.0. The van der Waals surface area contributed by atoms with Crippen LogP contribution in [-0.2, 0) is 11.3 Å². The van der Waals surface area contributed by atoms with Gasteiger partial charge in [-0.15, -0.1) is 0 Å². The van der Waals surface area contributed by atoms with Gasteiger partial charge in [0.15, 0.2) is 0 Å². The lowest BCUT2D eigenvalue weighted by Gasteiger charge is -2.31.